The number of carbonyl (C=O) groups excluding carboxylic acids is 2. The van der Waals surface area contributed by atoms with E-state index in [9.17, 15) is 26.8 Å². The molecule has 0 bridgehead atoms. The molecule has 2 rings (SSSR count). The van der Waals surface area contributed by atoms with Gasteiger partial charge in [0.05, 0.1) is 6.54 Å². The lowest BCUT2D eigenvalue weighted by molar-refractivity contribution is -0.132. The number of hydrogen-bond acceptors (Lipinski definition) is 6. The van der Waals surface area contributed by atoms with Crippen LogP contribution in [0.15, 0.2) is 24.3 Å². The third-order valence-electron chi connectivity index (χ3n) is 4.79. The molecule has 2 atom stereocenters. The summed E-state index contributed by atoms with van der Waals surface area (Å²) < 4.78 is 51.9. The maximum atomic E-state index is 12.3. The normalized spacial score (nSPS) is 19.4. The summed E-state index contributed by atoms with van der Waals surface area (Å²) in [6.45, 7) is 1.14. The molecule has 1 aliphatic rings. The van der Waals surface area contributed by atoms with Crippen molar-refractivity contribution in [3.63, 3.8) is 0 Å². The molecule has 0 aromatic heterocycles. The van der Waals surface area contributed by atoms with Crippen LogP contribution in [0, 0.1) is 0 Å². The molecule has 0 spiro atoms. The van der Waals surface area contributed by atoms with Crippen molar-refractivity contribution in [1.82, 2.24) is 5.48 Å². The van der Waals surface area contributed by atoms with E-state index in [2.05, 4.69) is 0 Å². The lowest BCUT2D eigenvalue weighted by Crippen LogP contribution is -2.51. The summed E-state index contributed by atoms with van der Waals surface area (Å²) in [6, 6.07) is 6.41. The number of rotatable bonds is 8. The Kier molecular flexibility index (Phi) is 6.60. The standard InChI is InChI=1S/C17H22F2N2O6S/c1-17(15(22)20-24,28(2,25)26)9-13-10-21(16(23)27-13)12-6-3-11(4-7-12)5-8-14(18)19/h3-4,6-7,13-14,24H,5,8-10H2,1-2H3,(H,20,22)/t13-,17+/m0/s1. The van der Waals surface area contributed by atoms with Crippen LogP contribution >= 0.6 is 0 Å². The van der Waals surface area contributed by atoms with E-state index < -0.39 is 39.1 Å². The van der Waals surface area contributed by atoms with Crippen molar-refractivity contribution in [3.8, 4) is 0 Å². The summed E-state index contributed by atoms with van der Waals surface area (Å²) in [5, 5.41) is 8.86. The quantitative estimate of drug-likeness (QED) is 0.491. The lowest BCUT2D eigenvalue weighted by Gasteiger charge is -2.26. The predicted molar refractivity (Wildman–Crippen MR) is 96.2 cm³/mol. The zero-order valence-corrected chi connectivity index (χ0v) is 16.2. The van der Waals surface area contributed by atoms with Crippen molar-refractivity contribution in [2.45, 2.75) is 43.5 Å². The van der Waals surface area contributed by atoms with Crippen LogP contribution in [0.1, 0.15) is 25.3 Å². The second-order valence-electron chi connectivity index (χ2n) is 6.86. The number of alkyl halides is 2. The van der Waals surface area contributed by atoms with Crippen LogP contribution in [0.3, 0.4) is 0 Å². The van der Waals surface area contributed by atoms with E-state index in [1.165, 1.54) is 10.4 Å². The number of halogens is 2. The van der Waals surface area contributed by atoms with Gasteiger partial charge in [-0.2, -0.15) is 0 Å². The van der Waals surface area contributed by atoms with Gasteiger partial charge in [-0.3, -0.25) is 14.9 Å². The van der Waals surface area contributed by atoms with E-state index in [-0.39, 0.29) is 25.8 Å². The molecule has 1 fully saturated rings. The molecule has 1 aliphatic heterocycles. The summed E-state index contributed by atoms with van der Waals surface area (Å²) in [6.07, 6.45) is -3.55. The Morgan fingerprint density at radius 1 is 1.39 bits per heavy atom. The third kappa shape index (κ3) is 4.76. The number of ether oxygens (including phenoxy) is 1. The monoisotopic (exact) mass is 420 g/mol. The maximum Gasteiger partial charge on any atom is 0.414 e. The van der Waals surface area contributed by atoms with Crippen LogP contribution in [-0.4, -0.2) is 55.7 Å². The van der Waals surface area contributed by atoms with Gasteiger partial charge in [-0.05, 0) is 31.0 Å². The highest BCUT2D eigenvalue weighted by molar-refractivity contribution is 7.92. The molecule has 8 nitrogen and oxygen atoms in total. The first-order valence-corrected chi connectivity index (χ1v) is 10.4. The number of hydroxylamine groups is 1. The summed E-state index contributed by atoms with van der Waals surface area (Å²) >= 11 is 0. The molecule has 1 aromatic rings. The van der Waals surface area contributed by atoms with E-state index in [1.54, 1.807) is 24.3 Å². The van der Waals surface area contributed by atoms with Gasteiger partial charge < -0.3 is 4.74 Å². The molecule has 0 saturated carbocycles. The number of amides is 2. The fraction of sp³-hybridized carbons (Fsp3) is 0.529. The molecular formula is C17H22F2N2O6S. The van der Waals surface area contributed by atoms with E-state index in [0.29, 0.717) is 11.3 Å². The average Bonchev–Trinajstić information content (AvgIpc) is 2.98. The molecule has 2 N–H and O–H groups in total. The van der Waals surface area contributed by atoms with Crippen molar-refractivity contribution in [1.29, 1.82) is 0 Å². The van der Waals surface area contributed by atoms with Gasteiger partial charge in [-0.1, -0.05) is 12.1 Å². The number of nitrogens with one attached hydrogen (secondary N) is 1. The molecule has 1 saturated heterocycles. The molecule has 0 aliphatic carbocycles. The first-order chi connectivity index (χ1) is 13.0. The van der Waals surface area contributed by atoms with Gasteiger partial charge in [-0.15, -0.1) is 0 Å². The largest absolute Gasteiger partial charge is 0.444 e. The molecular weight excluding hydrogens is 398 g/mol. The van der Waals surface area contributed by atoms with E-state index in [4.69, 9.17) is 9.94 Å². The number of sulfone groups is 1. The minimum absolute atomic E-state index is 0.000960. The molecule has 1 aromatic carbocycles. The first kappa shape index (κ1) is 22.0. The summed E-state index contributed by atoms with van der Waals surface area (Å²) in [4.78, 5) is 25.3. The Morgan fingerprint density at radius 3 is 2.50 bits per heavy atom. The zero-order chi connectivity index (χ0) is 21.1. The van der Waals surface area contributed by atoms with Crippen molar-refractivity contribution < 1.29 is 36.7 Å². The van der Waals surface area contributed by atoms with Gasteiger partial charge in [0.1, 0.15) is 6.10 Å². The maximum absolute atomic E-state index is 12.3. The van der Waals surface area contributed by atoms with Crippen molar-refractivity contribution >= 4 is 27.5 Å². The van der Waals surface area contributed by atoms with Crippen molar-refractivity contribution in [3.05, 3.63) is 29.8 Å². The van der Waals surface area contributed by atoms with Crippen LogP contribution in [-0.2, 0) is 25.8 Å². The van der Waals surface area contributed by atoms with E-state index in [1.807, 2.05) is 0 Å². The molecule has 28 heavy (non-hydrogen) atoms. The van der Waals surface area contributed by atoms with Gasteiger partial charge in [0.2, 0.25) is 6.43 Å². The average molecular weight is 420 g/mol. The second-order valence-corrected chi connectivity index (χ2v) is 9.31. The Hall–Kier alpha value is -2.27. The number of nitrogens with zero attached hydrogens (tertiary/aromatic N) is 1. The second kappa shape index (κ2) is 8.39. The van der Waals surface area contributed by atoms with Crippen LogP contribution in [0.25, 0.3) is 0 Å². The Balaban J connectivity index is 2.11. The topological polar surface area (TPSA) is 113 Å². The van der Waals surface area contributed by atoms with Crippen LogP contribution in [0.5, 0.6) is 0 Å². The summed E-state index contributed by atoms with van der Waals surface area (Å²) in [5.41, 5.74) is 2.49. The molecule has 156 valence electrons. The van der Waals surface area contributed by atoms with Crippen LogP contribution in [0.4, 0.5) is 19.3 Å². The van der Waals surface area contributed by atoms with Crippen LogP contribution < -0.4 is 10.4 Å². The Labute approximate surface area is 161 Å². The number of benzene rings is 1. The molecule has 11 heteroatoms. The molecule has 0 radical (unpaired) electrons. The Bertz CT molecular complexity index is 831. The summed E-state index contributed by atoms with van der Waals surface area (Å²) in [7, 11) is -3.92. The van der Waals surface area contributed by atoms with Gasteiger partial charge in [0, 0.05) is 24.8 Å². The molecule has 2 amide bonds. The smallest absolute Gasteiger partial charge is 0.414 e. The van der Waals surface area contributed by atoms with E-state index >= 15 is 0 Å². The number of hydrogen-bond donors (Lipinski definition) is 2. The molecule has 0 unspecified atom stereocenters. The van der Waals surface area contributed by atoms with E-state index in [0.717, 1.165) is 13.2 Å². The van der Waals surface area contributed by atoms with Gasteiger partial charge in [-0.25, -0.2) is 27.5 Å². The third-order valence-corrected chi connectivity index (χ3v) is 6.78. The zero-order valence-electron chi connectivity index (χ0n) is 15.4. The van der Waals surface area contributed by atoms with Gasteiger partial charge in [0.25, 0.3) is 5.91 Å². The number of carbonyl (C=O) groups is 2. The van der Waals surface area contributed by atoms with Gasteiger partial charge in [0.15, 0.2) is 14.6 Å². The minimum Gasteiger partial charge on any atom is -0.444 e. The lowest BCUT2D eigenvalue weighted by atomic mass is 10.0. The highest BCUT2D eigenvalue weighted by Crippen LogP contribution is 2.30. The Morgan fingerprint density at radius 2 is 2.00 bits per heavy atom. The number of aryl methyl sites for hydroxylation is 1. The number of anilines is 1. The van der Waals surface area contributed by atoms with Crippen molar-refractivity contribution in [2.24, 2.45) is 0 Å². The predicted octanol–water partition coefficient (Wildman–Crippen LogP) is 1.91. The molecule has 1 heterocycles. The SMILES string of the molecule is C[C@@](C[C@H]1CN(c2ccc(CCC(F)F)cc2)C(=O)O1)(C(=O)NO)S(C)(=O)=O. The first-order valence-electron chi connectivity index (χ1n) is 8.47. The highest BCUT2D eigenvalue weighted by atomic mass is 32.2. The van der Waals surface area contributed by atoms with Crippen molar-refractivity contribution in [2.75, 3.05) is 17.7 Å². The fourth-order valence-electron chi connectivity index (χ4n) is 2.92. The van der Waals surface area contributed by atoms with Gasteiger partial charge >= 0.3 is 6.09 Å². The highest BCUT2D eigenvalue weighted by Gasteiger charge is 2.48. The minimum atomic E-state index is -3.92. The summed E-state index contributed by atoms with van der Waals surface area (Å²) in [5.74, 6) is -1.12. The number of cyclic esters (lactones) is 1. The fourth-order valence-corrected chi connectivity index (χ4v) is 3.79. The van der Waals surface area contributed by atoms with Crippen LogP contribution in [0.2, 0.25) is 0 Å².